The Morgan fingerprint density at radius 3 is 2.93 bits per heavy atom. The van der Waals surface area contributed by atoms with Gasteiger partial charge in [-0.15, -0.1) is 0 Å². The second kappa shape index (κ2) is 5.67. The first-order valence-corrected chi connectivity index (χ1v) is 8.86. The zero-order chi connectivity index (χ0) is 18.6. The lowest BCUT2D eigenvalue weighted by molar-refractivity contribution is 0.0901. The maximum absolute atomic E-state index is 12.3. The summed E-state index contributed by atoms with van der Waals surface area (Å²) in [5.41, 5.74) is 1.76. The second-order valence-corrected chi connectivity index (χ2v) is 7.32. The highest BCUT2D eigenvalue weighted by atomic mass is 16.5. The predicted molar refractivity (Wildman–Crippen MR) is 93.3 cm³/mol. The summed E-state index contributed by atoms with van der Waals surface area (Å²) in [6.45, 7) is 4.17. The number of aryl methyl sites for hydroxylation is 1. The van der Waals surface area contributed by atoms with Gasteiger partial charge in [0.1, 0.15) is 12.4 Å². The Balaban J connectivity index is 1.35. The van der Waals surface area contributed by atoms with Crippen LogP contribution < -0.4 is 10.1 Å². The lowest BCUT2D eigenvalue weighted by Gasteiger charge is -2.10. The van der Waals surface area contributed by atoms with Gasteiger partial charge >= 0.3 is 0 Å². The van der Waals surface area contributed by atoms with E-state index in [-0.39, 0.29) is 23.1 Å². The van der Waals surface area contributed by atoms with E-state index in [0.717, 1.165) is 24.0 Å². The molecule has 1 atom stereocenters. The van der Waals surface area contributed by atoms with Gasteiger partial charge in [-0.2, -0.15) is 4.98 Å². The van der Waals surface area contributed by atoms with Crippen molar-refractivity contribution in [2.45, 2.75) is 38.1 Å². The number of aromatic nitrogens is 3. The number of oxazole rings is 1. The molecule has 3 aromatic rings. The van der Waals surface area contributed by atoms with Crippen molar-refractivity contribution in [3.05, 3.63) is 47.5 Å². The molecule has 0 unspecified atom stereocenters. The van der Waals surface area contributed by atoms with Gasteiger partial charge < -0.3 is 19.0 Å². The van der Waals surface area contributed by atoms with Crippen LogP contribution in [0.1, 0.15) is 53.7 Å². The fourth-order valence-corrected chi connectivity index (χ4v) is 3.15. The molecular formula is C19H18N4O4. The minimum Gasteiger partial charge on any atom is -0.491 e. The van der Waals surface area contributed by atoms with Crippen molar-refractivity contribution in [1.82, 2.24) is 20.4 Å². The minimum absolute atomic E-state index is 0.0346. The van der Waals surface area contributed by atoms with Crippen LogP contribution in [0.25, 0.3) is 11.4 Å². The van der Waals surface area contributed by atoms with E-state index in [0.29, 0.717) is 30.0 Å². The van der Waals surface area contributed by atoms with E-state index < -0.39 is 0 Å². The quantitative estimate of drug-likeness (QED) is 0.757. The first kappa shape index (κ1) is 16.0. The molecular weight excluding hydrogens is 348 g/mol. The molecule has 0 bridgehead atoms. The monoisotopic (exact) mass is 366 g/mol. The summed E-state index contributed by atoms with van der Waals surface area (Å²) in [6.07, 6.45) is 3.57. The van der Waals surface area contributed by atoms with Crippen molar-refractivity contribution in [1.29, 1.82) is 0 Å². The molecule has 8 heteroatoms. The summed E-state index contributed by atoms with van der Waals surface area (Å²) in [5, 5.41) is 7.01. The third-order valence-electron chi connectivity index (χ3n) is 5.15. The first-order valence-electron chi connectivity index (χ1n) is 8.86. The van der Waals surface area contributed by atoms with Gasteiger partial charge in [-0.1, -0.05) is 24.2 Å². The van der Waals surface area contributed by atoms with Crippen LogP contribution in [-0.4, -0.2) is 27.6 Å². The highest BCUT2D eigenvalue weighted by Crippen LogP contribution is 2.47. The third-order valence-corrected chi connectivity index (χ3v) is 5.15. The van der Waals surface area contributed by atoms with Crippen LogP contribution in [0.3, 0.4) is 0 Å². The SMILES string of the molecule is Cc1ncc(C(=O)N[C@@H]2COc3cc(-c4noc(C5(C)CC5)n4)ccc32)o1. The van der Waals surface area contributed by atoms with Crippen molar-refractivity contribution in [3.63, 3.8) is 0 Å². The number of fused-ring (bicyclic) bond motifs is 1. The van der Waals surface area contributed by atoms with Crippen LogP contribution in [0.2, 0.25) is 0 Å². The minimum atomic E-state index is -0.318. The Bertz CT molecular complexity index is 1030. The Hall–Kier alpha value is -3.16. The maximum Gasteiger partial charge on any atom is 0.289 e. The molecule has 3 heterocycles. The van der Waals surface area contributed by atoms with Crippen LogP contribution >= 0.6 is 0 Å². The molecule has 2 aliphatic rings. The first-order chi connectivity index (χ1) is 13.0. The summed E-state index contributed by atoms with van der Waals surface area (Å²) >= 11 is 0. The molecule has 5 rings (SSSR count). The van der Waals surface area contributed by atoms with Crippen LogP contribution in [0.5, 0.6) is 5.75 Å². The highest BCUT2D eigenvalue weighted by Gasteiger charge is 2.44. The smallest absolute Gasteiger partial charge is 0.289 e. The molecule has 1 amide bonds. The molecule has 1 fully saturated rings. The van der Waals surface area contributed by atoms with Crippen LogP contribution in [-0.2, 0) is 5.41 Å². The van der Waals surface area contributed by atoms with Crippen molar-refractivity contribution >= 4 is 5.91 Å². The van der Waals surface area contributed by atoms with Gasteiger partial charge in [-0.3, -0.25) is 4.79 Å². The molecule has 27 heavy (non-hydrogen) atoms. The van der Waals surface area contributed by atoms with Crippen molar-refractivity contribution in [3.8, 4) is 17.1 Å². The largest absolute Gasteiger partial charge is 0.491 e. The summed E-state index contributed by atoms with van der Waals surface area (Å²) < 4.78 is 16.4. The maximum atomic E-state index is 12.3. The number of nitrogens with one attached hydrogen (secondary N) is 1. The lowest BCUT2D eigenvalue weighted by atomic mass is 10.1. The van der Waals surface area contributed by atoms with Gasteiger partial charge in [0.2, 0.25) is 17.5 Å². The number of hydrogen-bond donors (Lipinski definition) is 1. The van der Waals surface area contributed by atoms with E-state index in [1.807, 2.05) is 18.2 Å². The van der Waals surface area contributed by atoms with E-state index in [1.165, 1.54) is 6.20 Å². The van der Waals surface area contributed by atoms with E-state index in [9.17, 15) is 4.79 Å². The van der Waals surface area contributed by atoms with Crippen molar-refractivity contribution < 1.29 is 18.5 Å². The Labute approximate surface area is 154 Å². The zero-order valence-electron chi connectivity index (χ0n) is 15.0. The number of carbonyl (C=O) groups is 1. The highest BCUT2D eigenvalue weighted by molar-refractivity contribution is 5.91. The number of carbonyl (C=O) groups excluding carboxylic acids is 1. The molecule has 0 radical (unpaired) electrons. The molecule has 1 N–H and O–H groups in total. The Kier molecular flexibility index (Phi) is 3.37. The predicted octanol–water partition coefficient (Wildman–Crippen LogP) is 2.95. The molecule has 0 saturated heterocycles. The standard InChI is InChI=1S/C19H18N4O4/c1-10-20-8-15(26-10)17(24)21-13-9-25-14-7-11(3-4-12(13)14)16-22-18(27-23-16)19(2)5-6-19/h3-4,7-8,13H,5-6,9H2,1-2H3,(H,21,24)/t13-/m1/s1. The third kappa shape index (κ3) is 2.77. The number of amides is 1. The van der Waals surface area contributed by atoms with Crippen LogP contribution in [0.4, 0.5) is 0 Å². The summed E-state index contributed by atoms with van der Waals surface area (Å²) in [4.78, 5) is 20.8. The summed E-state index contributed by atoms with van der Waals surface area (Å²) in [7, 11) is 0. The van der Waals surface area contributed by atoms with Crippen LogP contribution in [0, 0.1) is 6.92 Å². The fraction of sp³-hybridized carbons (Fsp3) is 0.368. The fourth-order valence-electron chi connectivity index (χ4n) is 3.15. The molecule has 138 valence electrons. The summed E-state index contributed by atoms with van der Waals surface area (Å²) in [6, 6.07) is 5.46. The number of rotatable bonds is 4. The van der Waals surface area contributed by atoms with Crippen molar-refractivity contribution in [2.75, 3.05) is 6.61 Å². The number of benzene rings is 1. The molecule has 8 nitrogen and oxygen atoms in total. The van der Waals surface area contributed by atoms with Crippen LogP contribution in [0.15, 0.2) is 33.3 Å². The van der Waals surface area contributed by atoms with E-state index in [1.54, 1.807) is 6.92 Å². The lowest BCUT2D eigenvalue weighted by Crippen LogP contribution is -2.29. The zero-order valence-corrected chi connectivity index (χ0v) is 15.0. The van der Waals surface area contributed by atoms with Gasteiger partial charge in [0.25, 0.3) is 5.91 Å². The second-order valence-electron chi connectivity index (χ2n) is 7.32. The average molecular weight is 366 g/mol. The molecule has 2 aromatic heterocycles. The van der Waals surface area contributed by atoms with Crippen molar-refractivity contribution in [2.24, 2.45) is 0 Å². The summed E-state index contributed by atoms with van der Waals surface area (Å²) in [5.74, 6) is 2.26. The van der Waals surface area contributed by atoms with Gasteiger partial charge in [0.15, 0.2) is 5.89 Å². The normalized spacial score (nSPS) is 19.4. The van der Waals surface area contributed by atoms with Gasteiger partial charge in [0.05, 0.1) is 12.2 Å². The average Bonchev–Trinajstić information content (AvgIpc) is 3.07. The van der Waals surface area contributed by atoms with Gasteiger partial charge in [-0.25, -0.2) is 4.98 Å². The van der Waals surface area contributed by atoms with Gasteiger partial charge in [0, 0.05) is 23.5 Å². The number of hydrogen-bond acceptors (Lipinski definition) is 7. The molecule has 1 aliphatic heterocycles. The van der Waals surface area contributed by atoms with Gasteiger partial charge in [-0.05, 0) is 18.9 Å². The molecule has 1 aromatic carbocycles. The van der Waals surface area contributed by atoms with E-state index in [2.05, 4.69) is 27.4 Å². The van der Waals surface area contributed by atoms with E-state index in [4.69, 9.17) is 13.7 Å². The van der Waals surface area contributed by atoms with E-state index >= 15 is 0 Å². The molecule has 0 spiro atoms. The topological polar surface area (TPSA) is 103 Å². The Morgan fingerprint density at radius 1 is 1.33 bits per heavy atom. The molecule has 1 aliphatic carbocycles. The number of ether oxygens (including phenoxy) is 1. The molecule has 1 saturated carbocycles. The Morgan fingerprint density at radius 2 is 2.19 bits per heavy atom. The number of nitrogens with zero attached hydrogens (tertiary/aromatic N) is 3.